The molecular weight excluding hydrogens is 438 g/mol. The van der Waals surface area contributed by atoms with Crippen molar-refractivity contribution >= 4 is 34.1 Å². The van der Waals surface area contributed by atoms with Gasteiger partial charge in [-0.3, -0.25) is 9.69 Å². The predicted molar refractivity (Wildman–Crippen MR) is 129 cm³/mol. The number of thioether (sulfide) groups is 1. The van der Waals surface area contributed by atoms with E-state index in [1.54, 1.807) is 11.8 Å². The molecule has 1 amide bonds. The molecule has 0 saturated heterocycles. The van der Waals surface area contributed by atoms with Crippen LogP contribution in [-0.4, -0.2) is 31.9 Å². The summed E-state index contributed by atoms with van der Waals surface area (Å²) in [5, 5.41) is 14.3. The normalized spacial score (nSPS) is 13.3. The number of aromatic nitrogens is 4. The number of amides is 1. The van der Waals surface area contributed by atoms with Crippen molar-refractivity contribution in [3.8, 4) is 16.9 Å². The molecule has 2 heterocycles. The van der Waals surface area contributed by atoms with Crippen molar-refractivity contribution in [2.75, 3.05) is 4.90 Å². The summed E-state index contributed by atoms with van der Waals surface area (Å²) >= 11 is 3.13. The first kappa shape index (κ1) is 20.9. The molecule has 32 heavy (non-hydrogen) atoms. The zero-order chi connectivity index (χ0) is 21.9. The van der Waals surface area contributed by atoms with Gasteiger partial charge in [-0.25, -0.2) is 4.68 Å². The summed E-state index contributed by atoms with van der Waals surface area (Å²) in [6, 6.07) is 20.7. The van der Waals surface area contributed by atoms with Crippen LogP contribution in [0.4, 0.5) is 5.13 Å². The van der Waals surface area contributed by atoms with E-state index in [-0.39, 0.29) is 5.91 Å². The molecule has 1 aliphatic rings. The van der Waals surface area contributed by atoms with Crippen LogP contribution in [-0.2, 0) is 10.5 Å². The zero-order valence-corrected chi connectivity index (χ0v) is 19.4. The molecule has 6 nitrogen and oxygen atoms in total. The number of rotatable bonds is 8. The van der Waals surface area contributed by atoms with Crippen LogP contribution in [0.5, 0.6) is 0 Å². The second kappa shape index (κ2) is 9.26. The lowest BCUT2D eigenvalue weighted by molar-refractivity contribution is -0.118. The number of carbonyl (C=O) groups excluding carboxylic acids is 1. The molecule has 4 aromatic rings. The molecular formula is C24H23N5OS2. The fourth-order valence-electron chi connectivity index (χ4n) is 3.53. The second-order valence-electron chi connectivity index (χ2n) is 7.64. The van der Waals surface area contributed by atoms with E-state index < -0.39 is 0 Å². The average Bonchev–Trinajstić information content (AvgIpc) is 3.40. The topological polar surface area (TPSA) is 63.9 Å². The molecule has 8 heteroatoms. The van der Waals surface area contributed by atoms with E-state index in [2.05, 4.69) is 28.5 Å². The summed E-state index contributed by atoms with van der Waals surface area (Å²) in [6.45, 7) is 1.89. The molecule has 2 aromatic carbocycles. The second-order valence-corrected chi connectivity index (χ2v) is 9.82. The van der Waals surface area contributed by atoms with E-state index in [4.69, 9.17) is 5.10 Å². The van der Waals surface area contributed by atoms with Crippen LogP contribution in [0.2, 0.25) is 0 Å². The molecule has 5 rings (SSSR count). The highest BCUT2D eigenvalue weighted by molar-refractivity contribution is 8.00. The fraction of sp³-hybridized carbons (Fsp3) is 0.250. The minimum absolute atomic E-state index is 0.121. The quantitative estimate of drug-likeness (QED) is 0.253. The van der Waals surface area contributed by atoms with Crippen LogP contribution < -0.4 is 4.90 Å². The van der Waals surface area contributed by atoms with Gasteiger partial charge in [0.05, 0.1) is 11.4 Å². The number of nitrogens with zero attached hydrogens (tertiary/aromatic N) is 5. The molecule has 162 valence electrons. The fourth-order valence-corrected chi connectivity index (χ4v) is 5.43. The van der Waals surface area contributed by atoms with Gasteiger partial charge in [0.25, 0.3) is 0 Å². The van der Waals surface area contributed by atoms with Gasteiger partial charge in [-0.05, 0) is 25.0 Å². The Morgan fingerprint density at radius 2 is 1.81 bits per heavy atom. The smallest absolute Gasteiger partial charge is 0.228 e. The van der Waals surface area contributed by atoms with E-state index in [9.17, 15) is 4.79 Å². The minimum atomic E-state index is 0.121. The lowest BCUT2D eigenvalue weighted by Gasteiger charge is -2.17. The molecule has 1 fully saturated rings. The van der Waals surface area contributed by atoms with E-state index >= 15 is 0 Å². The van der Waals surface area contributed by atoms with Gasteiger partial charge in [-0.2, -0.15) is 5.10 Å². The minimum Gasteiger partial charge on any atom is -0.284 e. The van der Waals surface area contributed by atoms with Gasteiger partial charge in [-0.1, -0.05) is 78.6 Å². The highest BCUT2D eigenvalue weighted by atomic mass is 32.2. The Morgan fingerprint density at radius 1 is 1.09 bits per heavy atom. The first-order chi connectivity index (χ1) is 15.7. The summed E-state index contributed by atoms with van der Waals surface area (Å²) in [4.78, 5) is 14.2. The van der Waals surface area contributed by atoms with E-state index in [1.165, 1.54) is 11.3 Å². The third kappa shape index (κ3) is 4.47. The van der Waals surface area contributed by atoms with Gasteiger partial charge in [0.1, 0.15) is 0 Å². The van der Waals surface area contributed by atoms with Gasteiger partial charge in [0, 0.05) is 35.5 Å². The standard InChI is InChI=1S/C24H23N5OS2/c1-2-21(30)29(20-13-14-20)23-25-26-24(32-23)31-16-18-15-28(19-11-7-4-8-12-19)27-22(18)17-9-5-3-6-10-17/h3-12,15,20H,2,13-14,16H2,1H3. The molecule has 0 radical (unpaired) electrons. The van der Waals surface area contributed by atoms with Crippen molar-refractivity contribution < 1.29 is 4.79 Å². The summed E-state index contributed by atoms with van der Waals surface area (Å²) in [5.41, 5.74) is 4.21. The molecule has 0 bridgehead atoms. The highest BCUT2D eigenvalue weighted by Gasteiger charge is 2.35. The van der Waals surface area contributed by atoms with Gasteiger partial charge in [0.15, 0.2) is 4.34 Å². The summed E-state index contributed by atoms with van der Waals surface area (Å²) < 4.78 is 2.79. The van der Waals surface area contributed by atoms with Crippen molar-refractivity contribution in [3.05, 3.63) is 72.4 Å². The van der Waals surface area contributed by atoms with Crippen molar-refractivity contribution in [1.29, 1.82) is 0 Å². The lowest BCUT2D eigenvalue weighted by atomic mass is 10.1. The monoisotopic (exact) mass is 461 g/mol. The van der Waals surface area contributed by atoms with E-state index in [0.717, 1.165) is 45.4 Å². The lowest BCUT2D eigenvalue weighted by Crippen LogP contribution is -2.32. The first-order valence-corrected chi connectivity index (χ1v) is 12.5. The van der Waals surface area contributed by atoms with E-state index in [1.807, 2.05) is 65.0 Å². The zero-order valence-electron chi connectivity index (χ0n) is 17.7. The van der Waals surface area contributed by atoms with Crippen molar-refractivity contribution in [3.63, 3.8) is 0 Å². The van der Waals surface area contributed by atoms with Crippen LogP contribution in [0.25, 0.3) is 16.9 Å². The Hall–Kier alpha value is -2.97. The Labute approximate surface area is 195 Å². The highest BCUT2D eigenvalue weighted by Crippen LogP contribution is 2.37. The van der Waals surface area contributed by atoms with Crippen LogP contribution >= 0.6 is 23.1 Å². The SMILES string of the molecule is CCC(=O)N(c1nnc(SCc2cn(-c3ccccc3)nc2-c2ccccc2)s1)C1CC1. The number of hydrogen-bond donors (Lipinski definition) is 0. The third-order valence-corrected chi connectivity index (χ3v) is 7.40. The Bertz CT molecular complexity index is 1200. The van der Waals surface area contributed by atoms with Crippen molar-refractivity contribution in [1.82, 2.24) is 20.0 Å². The summed E-state index contributed by atoms with van der Waals surface area (Å²) in [6.07, 6.45) is 4.67. The number of hydrogen-bond acceptors (Lipinski definition) is 6. The molecule has 0 N–H and O–H groups in total. The van der Waals surface area contributed by atoms with Crippen LogP contribution in [0, 0.1) is 0 Å². The Balaban J connectivity index is 1.39. The van der Waals surface area contributed by atoms with Gasteiger partial charge >= 0.3 is 0 Å². The third-order valence-electron chi connectivity index (χ3n) is 5.29. The van der Waals surface area contributed by atoms with E-state index in [0.29, 0.717) is 17.6 Å². The first-order valence-electron chi connectivity index (χ1n) is 10.7. The summed E-state index contributed by atoms with van der Waals surface area (Å²) in [7, 11) is 0. The number of benzene rings is 2. The maximum atomic E-state index is 12.4. The van der Waals surface area contributed by atoms with Crippen LogP contribution in [0.15, 0.2) is 71.2 Å². The van der Waals surface area contributed by atoms with Gasteiger partial charge < -0.3 is 0 Å². The average molecular weight is 462 g/mol. The molecule has 0 atom stereocenters. The number of carbonyl (C=O) groups is 1. The Morgan fingerprint density at radius 3 is 2.50 bits per heavy atom. The maximum absolute atomic E-state index is 12.4. The van der Waals surface area contributed by atoms with Gasteiger partial charge in [-0.15, -0.1) is 10.2 Å². The van der Waals surface area contributed by atoms with Crippen LogP contribution in [0.3, 0.4) is 0 Å². The van der Waals surface area contributed by atoms with Crippen molar-refractivity contribution in [2.45, 2.75) is 42.3 Å². The molecule has 1 saturated carbocycles. The van der Waals surface area contributed by atoms with Crippen molar-refractivity contribution in [2.24, 2.45) is 0 Å². The summed E-state index contributed by atoms with van der Waals surface area (Å²) in [5.74, 6) is 0.840. The molecule has 2 aromatic heterocycles. The van der Waals surface area contributed by atoms with Gasteiger partial charge in [0.2, 0.25) is 11.0 Å². The predicted octanol–water partition coefficient (Wildman–Crippen LogP) is 5.59. The van der Waals surface area contributed by atoms with Crippen LogP contribution in [0.1, 0.15) is 31.7 Å². The molecule has 1 aliphatic carbocycles. The maximum Gasteiger partial charge on any atom is 0.228 e. The Kier molecular flexibility index (Phi) is 6.05. The molecule has 0 aliphatic heterocycles. The molecule has 0 unspecified atom stereocenters. The molecule has 0 spiro atoms. The largest absolute Gasteiger partial charge is 0.284 e. The number of anilines is 1. The number of para-hydroxylation sites is 1.